The number of carbonyl (C=O) groups is 2. The molecule has 1 unspecified atom stereocenters. The Morgan fingerprint density at radius 3 is 2.65 bits per heavy atom. The quantitative estimate of drug-likeness (QED) is 0.762. The molecule has 2 aromatic rings. The van der Waals surface area contributed by atoms with Crippen molar-refractivity contribution in [2.45, 2.75) is 6.42 Å². The minimum absolute atomic E-state index is 0.0134. The van der Waals surface area contributed by atoms with Crippen molar-refractivity contribution in [1.82, 2.24) is 10.6 Å². The number of carbonyl (C=O) groups excluding carboxylic acids is 2. The second-order valence-corrected chi connectivity index (χ2v) is 7.35. The molecule has 0 spiro atoms. The lowest BCUT2D eigenvalue weighted by molar-refractivity contribution is -0.120. The SMILES string of the molecule is O=C(CNC(=O)c1cccc(Br)c1)NCC1CCN(c2ccccc2)C1. The molecule has 26 heavy (non-hydrogen) atoms. The minimum Gasteiger partial charge on any atom is -0.371 e. The van der Waals surface area contributed by atoms with Crippen LogP contribution in [0, 0.1) is 5.92 Å². The summed E-state index contributed by atoms with van der Waals surface area (Å²) in [6.45, 7) is 2.56. The summed E-state index contributed by atoms with van der Waals surface area (Å²) in [6.07, 6.45) is 1.06. The van der Waals surface area contributed by atoms with Crippen molar-refractivity contribution in [3.05, 3.63) is 64.6 Å². The van der Waals surface area contributed by atoms with Gasteiger partial charge in [0.15, 0.2) is 0 Å². The van der Waals surface area contributed by atoms with Gasteiger partial charge in [-0.15, -0.1) is 0 Å². The number of rotatable bonds is 6. The summed E-state index contributed by atoms with van der Waals surface area (Å²) in [7, 11) is 0. The van der Waals surface area contributed by atoms with E-state index >= 15 is 0 Å². The number of para-hydroxylation sites is 1. The fourth-order valence-corrected chi connectivity index (χ4v) is 3.48. The first-order valence-corrected chi connectivity index (χ1v) is 9.51. The average Bonchev–Trinajstić information content (AvgIpc) is 3.14. The highest BCUT2D eigenvalue weighted by atomic mass is 79.9. The number of hydrogen-bond acceptors (Lipinski definition) is 3. The maximum absolute atomic E-state index is 12.0. The summed E-state index contributed by atoms with van der Waals surface area (Å²) < 4.78 is 0.832. The third kappa shape index (κ3) is 5.08. The van der Waals surface area contributed by atoms with Crippen LogP contribution in [0.15, 0.2) is 59.1 Å². The Bertz CT molecular complexity index is 767. The Morgan fingerprint density at radius 1 is 1.08 bits per heavy atom. The van der Waals surface area contributed by atoms with Crippen LogP contribution in [-0.4, -0.2) is 38.0 Å². The molecular formula is C20H22BrN3O2. The van der Waals surface area contributed by atoms with E-state index in [0.717, 1.165) is 24.0 Å². The standard InChI is InChI=1S/C20H22BrN3O2/c21-17-6-4-5-16(11-17)20(26)23-13-19(25)22-12-15-9-10-24(14-15)18-7-2-1-3-8-18/h1-8,11,15H,9-10,12-14H2,(H,22,25)(H,23,26). The fourth-order valence-electron chi connectivity index (χ4n) is 3.09. The van der Waals surface area contributed by atoms with E-state index in [2.05, 4.69) is 43.6 Å². The number of halogens is 1. The van der Waals surface area contributed by atoms with Crippen LogP contribution in [0.4, 0.5) is 5.69 Å². The van der Waals surface area contributed by atoms with Crippen molar-refractivity contribution < 1.29 is 9.59 Å². The van der Waals surface area contributed by atoms with E-state index in [0.29, 0.717) is 18.0 Å². The minimum atomic E-state index is -0.252. The number of nitrogens with one attached hydrogen (secondary N) is 2. The normalized spacial score (nSPS) is 16.3. The predicted octanol–water partition coefficient (Wildman–Crippen LogP) is 2.82. The van der Waals surface area contributed by atoms with E-state index < -0.39 is 0 Å². The van der Waals surface area contributed by atoms with Gasteiger partial charge >= 0.3 is 0 Å². The van der Waals surface area contributed by atoms with Gasteiger partial charge in [0.2, 0.25) is 5.91 Å². The zero-order valence-corrected chi connectivity index (χ0v) is 16.0. The van der Waals surface area contributed by atoms with E-state index in [-0.39, 0.29) is 18.4 Å². The highest BCUT2D eigenvalue weighted by Crippen LogP contribution is 2.22. The first kappa shape index (κ1) is 18.5. The van der Waals surface area contributed by atoms with Crippen LogP contribution in [-0.2, 0) is 4.79 Å². The summed E-state index contributed by atoms with van der Waals surface area (Å²) in [5, 5.41) is 5.58. The zero-order chi connectivity index (χ0) is 18.4. The van der Waals surface area contributed by atoms with Gasteiger partial charge in [-0.2, -0.15) is 0 Å². The van der Waals surface area contributed by atoms with Crippen LogP contribution in [0.5, 0.6) is 0 Å². The molecule has 2 N–H and O–H groups in total. The molecule has 1 aliphatic heterocycles. The fraction of sp³-hybridized carbons (Fsp3) is 0.300. The van der Waals surface area contributed by atoms with Crippen molar-refractivity contribution in [3.8, 4) is 0 Å². The summed E-state index contributed by atoms with van der Waals surface area (Å²) in [6, 6.07) is 17.4. The lowest BCUT2D eigenvalue weighted by atomic mass is 10.1. The van der Waals surface area contributed by atoms with Gasteiger partial charge in [0.25, 0.3) is 5.91 Å². The maximum Gasteiger partial charge on any atom is 0.251 e. The Morgan fingerprint density at radius 2 is 1.88 bits per heavy atom. The summed E-state index contributed by atoms with van der Waals surface area (Å²) in [5.41, 5.74) is 1.75. The molecule has 0 aliphatic carbocycles. The lowest BCUT2D eigenvalue weighted by Crippen LogP contribution is -2.39. The Kier molecular flexibility index (Phi) is 6.28. The molecule has 0 bridgehead atoms. The third-order valence-corrected chi connectivity index (χ3v) is 4.98. The van der Waals surface area contributed by atoms with Crippen LogP contribution in [0.25, 0.3) is 0 Å². The second kappa shape index (κ2) is 8.85. The largest absolute Gasteiger partial charge is 0.371 e. The summed E-state index contributed by atoms with van der Waals surface area (Å²) in [4.78, 5) is 26.4. The number of hydrogen-bond donors (Lipinski definition) is 2. The van der Waals surface area contributed by atoms with E-state index in [1.165, 1.54) is 5.69 Å². The average molecular weight is 416 g/mol. The predicted molar refractivity (Wildman–Crippen MR) is 106 cm³/mol. The second-order valence-electron chi connectivity index (χ2n) is 6.43. The molecule has 1 saturated heterocycles. The van der Waals surface area contributed by atoms with E-state index in [1.54, 1.807) is 18.2 Å². The van der Waals surface area contributed by atoms with Gasteiger partial charge < -0.3 is 15.5 Å². The molecule has 3 rings (SSSR count). The van der Waals surface area contributed by atoms with Gasteiger partial charge in [0, 0.05) is 35.4 Å². The number of benzene rings is 2. The number of nitrogens with zero attached hydrogens (tertiary/aromatic N) is 1. The number of anilines is 1. The monoisotopic (exact) mass is 415 g/mol. The van der Waals surface area contributed by atoms with Crippen LogP contribution in [0.3, 0.4) is 0 Å². The molecule has 2 aromatic carbocycles. The molecule has 1 fully saturated rings. The Balaban J connectivity index is 1.39. The molecule has 2 amide bonds. The van der Waals surface area contributed by atoms with E-state index in [1.807, 2.05) is 24.3 Å². The molecule has 0 saturated carbocycles. The van der Waals surface area contributed by atoms with Crippen LogP contribution < -0.4 is 15.5 Å². The van der Waals surface area contributed by atoms with E-state index in [9.17, 15) is 9.59 Å². The topological polar surface area (TPSA) is 61.4 Å². The third-order valence-electron chi connectivity index (χ3n) is 4.49. The molecule has 5 nitrogen and oxygen atoms in total. The molecule has 0 radical (unpaired) electrons. The van der Waals surface area contributed by atoms with Crippen molar-refractivity contribution >= 4 is 33.4 Å². The van der Waals surface area contributed by atoms with E-state index in [4.69, 9.17) is 0 Å². The van der Waals surface area contributed by atoms with Crippen molar-refractivity contribution in [3.63, 3.8) is 0 Å². The highest BCUT2D eigenvalue weighted by molar-refractivity contribution is 9.10. The van der Waals surface area contributed by atoms with Gasteiger partial charge in [-0.25, -0.2) is 0 Å². The van der Waals surface area contributed by atoms with Crippen molar-refractivity contribution in [2.75, 3.05) is 31.1 Å². The molecule has 6 heteroatoms. The summed E-state index contributed by atoms with van der Waals surface area (Å²) in [5.74, 6) is 0.0176. The molecule has 1 atom stereocenters. The van der Waals surface area contributed by atoms with Crippen LogP contribution >= 0.6 is 15.9 Å². The lowest BCUT2D eigenvalue weighted by Gasteiger charge is -2.18. The maximum atomic E-state index is 12.0. The first-order valence-electron chi connectivity index (χ1n) is 8.72. The Labute approximate surface area is 161 Å². The van der Waals surface area contributed by atoms with Crippen molar-refractivity contribution in [2.24, 2.45) is 5.92 Å². The highest BCUT2D eigenvalue weighted by Gasteiger charge is 2.23. The van der Waals surface area contributed by atoms with Gasteiger partial charge in [0.05, 0.1) is 6.54 Å². The van der Waals surface area contributed by atoms with Gasteiger partial charge in [-0.05, 0) is 42.7 Å². The molecular weight excluding hydrogens is 394 g/mol. The molecule has 1 aliphatic rings. The Hall–Kier alpha value is -2.34. The summed E-state index contributed by atoms with van der Waals surface area (Å²) >= 11 is 3.33. The van der Waals surface area contributed by atoms with Gasteiger partial charge in [-0.1, -0.05) is 40.2 Å². The molecule has 1 heterocycles. The zero-order valence-electron chi connectivity index (χ0n) is 14.5. The van der Waals surface area contributed by atoms with Crippen LogP contribution in [0.1, 0.15) is 16.8 Å². The molecule has 0 aromatic heterocycles. The smallest absolute Gasteiger partial charge is 0.251 e. The van der Waals surface area contributed by atoms with Gasteiger partial charge in [0.1, 0.15) is 0 Å². The molecule has 136 valence electrons. The number of amides is 2. The van der Waals surface area contributed by atoms with Gasteiger partial charge in [-0.3, -0.25) is 9.59 Å². The van der Waals surface area contributed by atoms with Crippen molar-refractivity contribution in [1.29, 1.82) is 0 Å². The first-order chi connectivity index (χ1) is 12.6. The van der Waals surface area contributed by atoms with Crippen LogP contribution in [0.2, 0.25) is 0 Å².